The van der Waals surface area contributed by atoms with Crippen molar-refractivity contribution >= 4 is 48.3 Å². The van der Waals surface area contributed by atoms with E-state index in [1.165, 1.54) is 11.1 Å². The first kappa shape index (κ1) is 13.7. The topological polar surface area (TPSA) is 26.0 Å². The van der Waals surface area contributed by atoms with E-state index in [0.29, 0.717) is 0 Å². The average molecular weight is 391 g/mol. The maximum absolute atomic E-state index is 6.29. The van der Waals surface area contributed by atoms with Gasteiger partial charge in [-0.1, -0.05) is 64.0 Å². The number of aryl methyl sites for hydroxylation is 1. The molecule has 2 N–H and O–H groups in total. The standard InChI is InChI=1S/C17H13Br2N/c1-10-5-7-11(8-6-10)12-3-2-4-13-14(18)9-15(19)17(20)16(12)13/h2-9H,20H2,1H3. The number of fused-ring (bicyclic) bond motifs is 1. The van der Waals surface area contributed by atoms with Crippen LogP contribution in [0, 0.1) is 6.92 Å². The zero-order chi connectivity index (χ0) is 14.3. The Balaban J connectivity index is 2.39. The van der Waals surface area contributed by atoms with Crippen LogP contribution in [0.2, 0.25) is 0 Å². The minimum Gasteiger partial charge on any atom is -0.397 e. The number of hydrogen-bond donors (Lipinski definition) is 1. The van der Waals surface area contributed by atoms with Gasteiger partial charge in [0, 0.05) is 14.3 Å². The van der Waals surface area contributed by atoms with E-state index in [4.69, 9.17) is 5.73 Å². The van der Waals surface area contributed by atoms with Crippen molar-refractivity contribution in [1.29, 1.82) is 0 Å². The Bertz CT molecular complexity index is 792. The van der Waals surface area contributed by atoms with Crippen LogP contribution in [0.3, 0.4) is 0 Å². The largest absolute Gasteiger partial charge is 0.397 e. The maximum Gasteiger partial charge on any atom is 0.0545 e. The number of benzene rings is 3. The number of nitrogen functional groups attached to an aromatic ring is 1. The van der Waals surface area contributed by atoms with Crippen LogP contribution < -0.4 is 5.73 Å². The minimum absolute atomic E-state index is 0.777. The van der Waals surface area contributed by atoms with Gasteiger partial charge in [0.15, 0.2) is 0 Å². The average Bonchev–Trinajstić information content (AvgIpc) is 2.45. The maximum atomic E-state index is 6.29. The molecule has 0 aliphatic heterocycles. The van der Waals surface area contributed by atoms with Gasteiger partial charge in [-0.05, 0) is 45.4 Å². The third-order valence-electron chi connectivity index (χ3n) is 3.46. The van der Waals surface area contributed by atoms with E-state index in [2.05, 4.69) is 81.2 Å². The summed E-state index contributed by atoms with van der Waals surface area (Å²) in [5.74, 6) is 0. The molecule has 0 aromatic heterocycles. The van der Waals surface area contributed by atoms with E-state index in [-0.39, 0.29) is 0 Å². The minimum atomic E-state index is 0.777. The van der Waals surface area contributed by atoms with Crippen LogP contribution in [0.1, 0.15) is 5.56 Å². The highest BCUT2D eigenvalue weighted by Crippen LogP contribution is 2.40. The smallest absolute Gasteiger partial charge is 0.0545 e. The van der Waals surface area contributed by atoms with Gasteiger partial charge in [0.2, 0.25) is 0 Å². The molecule has 0 fully saturated rings. The van der Waals surface area contributed by atoms with Crippen LogP contribution in [0.4, 0.5) is 5.69 Å². The third kappa shape index (κ3) is 2.25. The lowest BCUT2D eigenvalue weighted by atomic mass is 9.96. The molecule has 0 spiro atoms. The van der Waals surface area contributed by atoms with E-state index in [0.717, 1.165) is 31.0 Å². The lowest BCUT2D eigenvalue weighted by Gasteiger charge is -2.12. The van der Waals surface area contributed by atoms with Gasteiger partial charge in [0.05, 0.1) is 5.69 Å². The first-order valence-corrected chi connectivity index (χ1v) is 7.90. The zero-order valence-electron chi connectivity index (χ0n) is 11.0. The summed E-state index contributed by atoms with van der Waals surface area (Å²) in [5, 5.41) is 2.21. The molecule has 0 aliphatic carbocycles. The Morgan fingerprint density at radius 2 is 1.60 bits per heavy atom. The van der Waals surface area contributed by atoms with Crippen molar-refractivity contribution in [1.82, 2.24) is 0 Å². The fourth-order valence-corrected chi connectivity index (χ4v) is 3.70. The van der Waals surface area contributed by atoms with Crippen LogP contribution in [0.5, 0.6) is 0 Å². The molecule has 20 heavy (non-hydrogen) atoms. The second kappa shape index (κ2) is 5.23. The molecular formula is C17H13Br2N. The first-order chi connectivity index (χ1) is 9.58. The highest BCUT2D eigenvalue weighted by Gasteiger charge is 2.11. The van der Waals surface area contributed by atoms with Crippen molar-refractivity contribution in [3.05, 3.63) is 63.0 Å². The van der Waals surface area contributed by atoms with Crippen molar-refractivity contribution in [3.8, 4) is 11.1 Å². The Morgan fingerprint density at radius 1 is 0.900 bits per heavy atom. The lowest BCUT2D eigenvalue weighted by molar-refractivity contribution is 1.47. The molecule has 3 heteroatoms. The highest BCUT2D eigenvalue weighted by molar-refractivity contribution is 9.11. The summed E-state index contributed by atoms with van der Waals surface area (Å²) in [6, 6.07) is 16.8. The molecule has 3 aromatic carbocycles. The van der Waals surface area contributed by atoms with Crippen LogP contribution in [0.25, 0.3) is 21.9 Å². The molecule has 0 unspecified atom stereocenters. The Morgan fingerprint density at radius 3 is 2.30 bits per heavy atom. The summed E-state index contributed by atoms with van der Waals surface area (Å²) in [6.07, 6.45) is 0. The van der Waals surface area contributed by atoms with E-state index in [1.807, 2.05) is 6.07 Å². The molecule has 3 rings (SSSR count). The molecule has 100 valence electrons. The molecule has 0 bridgehead atoms. The normalized spacial score (nSPS) is 10.9. The molecule has 0 heterocycles. The number of halogens is 2. The Labute approximate surface area is 135 Å². The summed E-state index contributed by atoms with van der Waals surface area (Å²) in [6.45, 7) is 2.09. The SMILES string of the molecule is Cc1ccc(-c2cccc3c(Br)cc(Br)c(N)c23)cc1. The number of nitrogens with two attached hydrogens (primary N) is 1. The van der Waals surface area contributed by atoms with Gasteiger partial charge in [0.25, 0.3) is 0 Å². The van der Waals surface area contributed by atoms with Crippen molar-refractivity contribution in [2.75, 3.05) is 5.73 Å². The van der Waals surface area contributed by atoms with Gasteiger partial charge >= 0.3 is 0 Å². The Kier molecular flexibility index (Phi) is 3.57. The number of hydrogen-bond acceptors (Lipinski definition) is 1. The van der Waals surface area contributed by atoms with Gasteiger partial charge in [-0.2, -0.15) is 0 Å². The fourth-order valence-electron chi connectivity index (χ4n) is 2.40. The van der Waals surface area contributed by atoms with Crippen molar-refractivity contribution < 1.29 is 0 Å². The molecule has 0 atom stereocenters. The number of rotatable bonds is 1. The Hall–Kier alpha value is -1.32. The monoisotopic (exact) mass is 389 g/mol. The van der Waals surface area contributed by atoms with Gasteiger partial charge in [0.1, 0.15) is 0 Å². The van der Waals surface area contributed by atoms with Crippen molar-refractivity contribution in [3.63, 3.8) is 0 Å². The molecule has 0 saturated heterocycles. The van der Waals surface area contributed by atoms with Gasteiger partial charge in [-0.25, -0.2) is 0 Å². The van der Waals surface area contributed by atoms with Gasteiger partial charge in [-0.3, -0.25) is 0 Å². The second-order valence-electron chi connectivity index (χ2n) is 4.85. The van der Waals surface area contributed by atoms with E-state index in [1.54, 1.807) is 0 Å². The summed E-state index contributed by atoms with van der Waals surface area (Å²) in [5.41, 5.74) is 10.7. The van der Waals surface area contributed by atoms with Crippen LogP contribution in [-0.4, -0.2) is 0 Å². The predicted molar refractivity (Wildman–Crippen MR) is 93.9 cm³/mol. The second-order valence-corrected chi connectivity index (χ2v) is 6.56. The third-order valence-corrected chi connectivity index (χ3v) is 4.78. The molecule has 0 saturated carbocycles. The van der Waals surface area contributed by atoms with Crippen LogP contribution >= 0.6 is 31.9 Å². The van der Waals surface area contributed by atoms with Crippen LogP contribution in [0.15, 0.2) is 57.5 Å². The van der Waals surface area contributed by atoms with Crippen LogP contribution in [-0.2, 0) is 0 Å². The van der Waals surface area contributed by atoms with E-state index < -0.39 is 0 Å². The molecule has 0 aliphatic rings. The van der Waals surface area contributed by atoms with Gasteiger partial charge in [-0.15, -0.1) is 0 Å². The molecule has 3 aromatic rings. The summed E-state index contributed by atoms with van der Waals surface area (Å²) >= 11 is 7.15. The van der Waals surface area contributed by atoms with Crippen molar-refractivity contribution in [2.45, 2.75) is 6.92 Å². The molecule has 1 nitrogen and oxygen atoms in total. The quantitative estimate of drug-likeness (QED) is 0.512. The molecule has 0 amide bonds. The predicted octanol–water partition coefficient (Wildman–Crippen LogP) is 5.92. The fraction of sp³-hybridized carbons (Fsp3) is 0.0588. The van der Waals surface area contributed by atoms with Gasteiger partial charge < -0.3 is 5.73 Å². The highest BCUT2D eigenvalue weighted by atomic mass is 79.9. The molecule has 0 radical (unpaired) electrons. The van der Waals surface area contributed by atoms with E-state index >= 15 is 0 Å². The first-order valence-electron chi connectivity index (χ1n) is 6.31. The number of anilines is 1. The van der Waals surface area contributed by atoms with Crippen molar-refractivity contribution in [2.24, 2.45) is 0 Å². The molecular weight excluding hydrogens is 378 g/mol. The van der Waals surface area contributed by atoms with E-state index in [9.17, 15) is 0 Å². The lowest BCUT2D eigenvalue weighted by Crippen LogP contribution is -1.92. The summed E-state index contributed by atoms with van der Waals surface area (Å²) < 4.78 is 1.96. The summed E-state index contributed by atoms with van der Waals surface area (Å²) in [7, 11) is 0. The summed E-state index contributed by atoms with van der Waals surface area (Å²) in [4.78, 5) is 0. The zero-order valence-corrected chi connectivity index (χ0v) is 14.1.